The minimum Gasteiger partial charge on any atom is -0.484 e. The molecule has 0 aliphatic heterocycles. The van der Waals surface area contributed by atoms with E-state index in [0.29, 0.717) is 5.75 Å². The van der Waals surface area contributed by atoms with Crippen LogP contribution in [0, 0.1) is 0 Å². The number of nitrogens with two attached hydrogens (primary N) is 1. The molecule has 0 unspecified atom stereocenters. The van der Waals surface area contributed by atoms with Crippen LogP contribution in [0.2, 0.25) is 0 Å². The van der Waals surface area contributed by atoms with E-state index in [4.69, 9.17) is 10.5 Å². The molecule has 0 spiro atoms. The van der Waals surface area contributed by atoms with Crippen LogP contribution in [-0.4, -0.2) is 12.5 Å². The summed E-state index contributed by atoms with van der Waals surface area (Å²) in [6.07, 6.45) is 0. The lowest BCUT2D eigenvalue weighted by atomic mass is 10.3. The Morgan fingerprint density at radius 1 is 0.880 bits per heavy atom. The first kappa shape index (κ1) is 16.9. The Morgan fingerprint density at radius 2 is 1.48 bits per heavy atom. The van der Waals surface area contributed by atoms with Gasteiger partial charge in [0.2, 0.25) is 0 Å². The van der Waals surface area contributed by atoms with Crippen LogP contribution >= 0.6 is 11.8 Å². The first-order valence-corrected chi connectivity index (χ1v) is 8.62. The molecule has 126 valence electrons. The number of carbonyl (C=O) groups excluding carboxylic acids is 1. The van der Waals surface area contributed by atoms with Crippen molar-refractivity contribution in [1.82, 2.24) is 0 Å². The minimum atomic E-state index is -0.192. The Balaban J connectivity index is 1.51. The van der Waals surface area contributed by atoms with Gasteiger partial charge < -0.3 is 15.8 Å². The fourth-order valence-corrected chi connectivity index (χ4v) is 2.96. The van der Waals surface area contributed by atoms with E-state index in [1.807, 2.05) is 78.9 Å². The zero-order valence-corrected chi connectivity index (χ0v) is 14.3. The van der Waals surface area contributed by atoms with Gasteiger partial charge >= 0.3 is 0 Å². The molecule has 4 nitrogen and oxygen atoms in total. The average molecular weight is 350 g/mol. The second-order valence-corrected chi connectivity index (χ2v) is 6.49. The predicted octanol–water partition coefficient (Wildman–Crippen LogP) is 4.44. The van der Waals surface area contributed by atoms with E-state index in [1.165, 1.54) is 0 Å². The molecule has 0 heterocycles. The van der Waals surface area contributed by atoms with Crippen molar-refractivity contribution in [2.45, 2.75) is 9.79 Å². The number of nitrogens with one attached hydrogen (secondary N) is 1. The maximum atomic E-state index is 11.9. The van der Waals surface area contributed by atoms with Gasteiger partial charge in [0, 0.05) is 21.2 Å². The van der Waals surface area contributed by atoms with Crippen molar-refractivity contribution >= 4 is 29.0 Å². The van der Waals surface area contributed by atoms with Gasteiger partial charge in [-0.3, -0.25) is 4.79 Å². The van der Waals surface area contributed by atoms with Crippen LogP contribution in [0.25, 0.3) is 0 Å². The molecule has 5 heteroatoms. The summed E-state index contributed by atoms with van der Waals surface area (Å²) in [5.41, 5.74) is 7.18. The van der Waals surface area contributed by atoms with Gasteiger partial charge in [-0.25, -0.2) is 0 Å². The molecule has 25 heavy (non-hydrogen) atoms. The molecule has 0 bridgehead atoms. The summed E-state index contributed by atoms with van der Waals surface area (Å²) in [6.45, 7) is -0.0219. The molecule has 0 fully saturated rings. The van der Waals surface area contributed by atoms with Crippen LogP contribution < -0.4 is 15.8 Å². The van der Waals surface area contributed by atoms with E-state index < -0.39 is 0 Å². The molecule has 0 aliphatic carbocycles. The maximum Gasteiger partial charge on any atom is 0.262 e. The average Bonchev–Trinajstić information content (AvgIpc) is 2.64. The van der Waals surface area contributed by atoms with Gasteiger partial charge in [0.25, 0.3) is 5.91 Å². The Bertz CT molecular complexity index is 819. The summed E-state index contributed by atoms with van der Waals surface area (Å²) in [6, 6.07) is 24.7. The third kappa shape index (κ3) is 5.29. The predicted molar refractivity (Wildman–Crippen MR) is 102 cm³/mol. The van der Waals surface area contributed by atoms with Gasteiger partial charge in [0.1, 0.15) is 5.75 Å². The van der Waals surface area contributed by atoms with Gasteiger partial charge in [-0.15, -0.1) is 0 Å². The Morgan fingerprint density at radius 3 is 2.12 bits per heavy atom. The highest BCUT2D eigenvalue weighted by Crippen LogP contribution is 2.29. The summed E-state index contributed by atoms with van der Waals surface area (Å²) in [5.74, 6) is 0.482. The summed E-state index contributed by atoms with van der Waals surface area (Å²) >= 11 is 1.64. The molecular weight excluding hydrogens is 332 g/mol. The lowest BCUT2D eigenvalue weighted by Crippen LogP contribution is -2.20. The van der Waals surface area contributed by atoms with Gasteiger partial charge in [-0.05, 0) is 60.7 Å². The molecule has 3 rings (SSSR count). The number of ether oxygens (including phenoxy) is 1. The number of benzene rings is 3. The quantitative estimate of drug-likeness (QED) is 0.645. The molecule has 0 aromatic heterocycles. The van der Waals surface area contributed by atoms with Gasteiger partial charge in [-0.2, -0.15) is 0 Å². The fraction of sp³-hybridized carbons (Fsp3) is 0.0500. The summed E-state index contributed by atoms with van der Waals surface area (Å²) in [7, 11) is 0. The fourth-order valence-electron chi connectivity index (χ4n) is 2.14. The molecule has 0 saturated carbocycles. The first-order valence-electron chi connectivity index (χ1n) is 7.80. The highest BCUT2D eigenvalue weighted by Gasteiger charge is 2.04. The van der Waals surface area contributed by atoms with Crippen LogP contribution in [0.3, 0.4) is 0 Å². The molecule has 3 aromatic rings. The Hall–Kier alpha value is -2.92. The van der Waals surface area contributed by atoms with E-state index in [9.17, 15) is 4.79 Å². The van der Waals surface area contributed by atoms with Crippen LogP contribution in [0.4, 0.5) is 11.4 Å². The van der Waals surface area contributed by atoms with Crippen LogP contribution in [0.5, 0.6) is 5.75 Å². The number of amides is 1. The zero-order chi connectivity index (χ0) is 17.5. The van der Waals surface area contributed by atoms with Crippen molar-refractivity contribution in [3.8, 4) is 5.75 Å². The molecule has 0 saturated heterocycles. The maximum absolute atomic E-state index is 11.9. The number of rotatable bonds is 6. The molecule has 3 N–H and O–H groups in total. The number of anilines is 2. The Labute approximate surface area is 151 Å². The third-order valence-corrected chi connectivity index (χ3v) is 4.38. The molecule has 3 aromatic carbocycles. The van der Waals surface area contributed by atoms with E-state index in [1.54, 1.807) is 11.8 Å². The van der Waals surface area contributed by atoms with E-state index in [-0.39, 0.29) is 12.5 Å². The molecular formula is C20H18N2O2S. The van der Waals surface area contributed by atoms with Crippen LogP contribution in [0.15, 0.2) is 88.7 Å². The summed E-state index contributed by atoms with van der Waals surface area (Å²) < 4.78 is 5.43. The van der Waals surface area contributed by atoms with Crippen LogP contribution in [-0.2, 0) is 4.79 Å². The minimum absolute atomic E-state index is 0.0219. The number of hydrogen-bond acceptors (Lipinski definition) is 4. The Kier molecular flexibility index (Phi) is 5.59. The summed E-state index contributed by atoms with van der Waals surface area (Å²) in [4.78, 5) is 14.1. The van der Waals surface area contributed by atoms with Crippen molar-refractivity contribution in [1.29, 1.82) is 0 Å². The van der Waals surface area contributed by atoms with Gasteiger partial charge in [0.05, 0.1) is 0 Å². The standard InChI is InChI=1S/C20H18N2O2S/c21-15-6-10-18(11-7-15)25-19-12-8-16(9-13-19)22-20(23)14-24-17-4-2-1-3-5-17/h1-13H,14,21H2,(H,22,23). The van der Waals surface area contributed by atoms with Gasteiger partial charge in [0.15, 0.2) is 6.61 Å². The summed E-state index contributed by atoms with van der Waals surface area (Å²) in [5, 5.41) is 2.82. The topological polar surface area (TPSA) is 64.3 Å². The molecule has 1 amide bonds. The zero-order valence-electron chi connectivity index (χ0n) is 13.5. The van der Waals surface area contributed by atoms with E-state index >= 15 is 0 Å². The molecule has 0 aliphatic rings. The van der Waals surface area contributed by atoms with Crippen molar-refractivity contribution in [2.24, 2.45) is 0 Å². The van der Waals surface area contributed by atoms with Crippen molar-refractivity contribution in [2.75, 3.05) is 17.7 Å². The largest absolute Gasteiger partial charge is 0.484 e. The van der Waals surface area contributed by atoms with Gasteiger partial charge in [-0.1, -0.05) is 30.0 Å². The highest BCUT2D eigenvalue weighted by molar-refractivity contribution is 7.99. The van der Waals surface area contributed by atoms with Crippen LogP contribution in [0.1, 0.15) is 0 Å². The SMILES string of the molecule is Nc1ccc(Sc2ccc(NC(=O)COc3ccccc3)cc2)cc1. The monoisotopic (exact) mass is 350 g/mol. The lowest BCUT2D eigenvalue weighted by molar-refractivity contribution is -0.118. The lowest BCUT2D eigenvalue weighted by Gasteiger charge is -2.08. The number of para-hydroxylation sites is 1. The normalized spacial score (nSPS) is 10.2. The van der Waals surface area contributed by atoms with E-state index in [0.717, 1.165) is 21.2 Å². The molecule has 0 radical (unpaired) electrons. The number of nitrogen functional groups attached to an aromatic ring is 1. The van der Waals surface area contributed by atoms with Crippen molar-refractivity contribution < 1.29 is 9.53 Å². The molecule has 0 atom stereocenters. The smallest absolute Gasteiger partial charge is 0.262 e. The second kappa shape index (κ2) is 8.26. The van der Waals surface area contributed by atoms with Crippen molar-refractivity contribution in [3.05, 3.63) is 78.9 Å². The second-order valence-electron chi connectivity index (χ2n) is 5.35. The number of hydrogen-bond donors (Lipinski definition) is 2. The first-order chi connectivity index (χ1) is 12.2. The van der Waals surface area contributed by atoms with Crippen molar-refractivity contribution in [3.63, 3.8) is 0 Å². The van der Waals surface area contributed by atoms with E-state index in [2.05, 4.69) is 5.32 Å². The third-order valence-electron chi connectivity index (χ3n) is 3.37. The highest BCUT2D eigenvalue weighted by atomic mass is 32.2. The number of carbonyl (C=O) groups is 1.